The summed E-state index contributed by atoms with van der Waals surface area (Å²) in [5.74, 6) is 0.944. The van der Waals surface area contributed by atoms with E-state index in [0.717, 1.165) is 21.2 Å². The maximum absolute atomic E-state index is 13.0. The van der Waals surface area contributed by atoms with Crippen LogP contribution in [-0.4, -0.2) is 18.6 Å². The Hall–Kier alpha value is -3.49. The zero-order valence-electron chi connectivity index (χ0n) is 16.2. The number of para-hydroxylation sites is 1. The van der Waals surface area contributed by atoms with E-state index in [9.17, 15) is 8.42 Å². The first-order chi connectivity index (χ1) is 15.1. The maximum Gasteiger partial charge on any atom is 0.261 e. The van der Waals surface area contributed by atoms with E-state index in [2.05, 4.69) is 14.9 Å². The summed E-state index contributed by atoms with van der Waals surface area (Å²) in [6, 6.07) is 23.8. The Balaban J connectivity index is 1.42. The molecule has 0 amide bonds. The number of benzene rings is 3. The highest BCUT2D eigenvalue weighted by Crippen LogP contribution is 2.26. The molecule has 5 rings (SSSR count). The van der Waals surface area contributed by atoms with Crippen molar-refractivity contribution in [3.05, 3.63) is 95.7 Å². The first-order valence-electron chi connectivity index (χ1n) is 9.54. The Morgan fingerprint density at radius 1 is 0.903 bits per heavy atom. The average molecular weight is 448 g/mol. The molecule has 3 aromatic carbocycles. The molecule has 2 aromatic heterocycles. The normalized spacial score (nSPS) is 11.6. The van der Waals surface area contributed by atoms with Gasteiger partial charge in [-0.2, -0.15) is 4.98 Å². The van der Waals surface area contributed by atoms with Crippen LogP contribution in [0, 0.1) is 0 Å². The number of anilines is 1. The Kier molecular flexibility index (Phi) is 5.01. The molecule has 0 saturated carbocycles. The molecule has 0 atom stereocenters. The molecule has 0 aliphatic carbocycles. The molecule has 154 valence electrons. The van der Waals surface area contributed by atoms with E-state index in [4.69, 9.17) is 4.52 Å². The molecule has 0 spiro atoms. The van der Waals surface area contributed by atoms with E-state index in [1.807, 2.05) is 53.9 Å². The number of nitrogens with one attached hydrogen (secondary N) is 1. The third-order valence-corrected chi connectivity index (χ3v) is 7.07. The predicted molar refractivity (Wildman–Crippen MR) is 122 cm³/mol. The smallest absolute Gasteiger partial charge is 0.261 e. The lowest BCUT2D eigenvalue weighted by Gasteiger charge is -2.12. The molecule has 0 aliphatic heterocycles. The van der Waals surface area contributed by atoms with Crippen molar-refractivity contribution in [3.63, 3.8) is 0 Å². The Morgan fingerprint density at radius 2 is 1.71 bits per heavy atom. The number of aromatic nitrogens is 2. The standard InChI is InChI=1S/C23H17N3O3S2/c27-31(28,19-12-11-16-6-1-2-7-17(16)14-19)26-20-9-4-3-8-18(20)15-22-24-23(25-29-22)21-10-5-13-30-21/h1-14,26H,15H2. The van der Waals surface area contributed by atoms with Gasteiger partial charge in [0.25, 0.3) is 10.0 Å². The van der Waals surface area contributed by atoms with Crippen molar-refractivity contribution in [2.75, 3.05) is 4.72 Å². The lowest BCUT2D eigenvalue weighted by molar-refractivity contribution is 0.386. The van der Waals surface area contributed by atoms with Crippen LogP contribution in [0.3, 0.4) is 0 Å². The Bertz CT molecular complexity index is 1460. The SMILES string of the molecule is O=S(=O)(Nc1ccccc1Cc1nc(-c2cccs2)no1)c1ccc2ccccc2c1. The fourth-order valence-electron chi connectivity index (χ4n) is 3.31. The van der Waals surface area contributed by atoms with Crippen LogP contribution in [0.2, 0.25) is 0 Å². The van der Waals surface area contributed by atoms with Crippen molar-refractivity contribution in [2.24, 2.45) is 0 Å². The molecule has 31 heavy (non-hydrogen) atoms. The monoisotopic (exact) mass is 447 g/mol. The van der Waals surface area contributed by atoms with Gasteiger partial charge in [0.05, 0.1) is 21.9 Å². The van der Waals surface area contributed by atoms with Gasteiger partial charge < -0.3 is 4.52 Å². The van der Waals surface area contributed by atoms with Gasteiger partial charge in [-0.05, 0) is 46.0 Å². The minimum absolute atomic E-state index is 0.207. The molecular formula is C23H17N3O3S2. The van der Waals surface area contributed by atoms with Crippen LogP contribution in [0.15, 0.2) is 93.7 Å². The number of thiophene rings is 1. The number of nitrogens with zero attached hydrogens (tertiary/aromatic N) is 2. The molecular weight excluding hydrogens is 430 g/mol. The molecule has 0 bridgehead atoms. The van der Waals surface area contributed by atoms with Crippen LogP contribution in [-0.2, 0) is 16.4 Å². The number of fused-ring (bicyclic) bond motifs is 1. The molecule has 0 fully saturated rings. The van der Waals surface area contributed by atoms with Gasteiger partial charge in [-0.1, -0.05) is 59.8 Å². The van der Waals surface area contributed by atoms with Crippen molar-refractivity contribution < 1.29 is 12.9 Å². The van der Waals surface area contributed by atoms with E-state index < -0.39 is 10.0 Å². The van der Waals surface area contributed by atoms with Crippen LogP contribution in [0.5, 0.6) is 0 Å². The number of sulfonamides is 1. The molecule has 2 heterocycles. The summed E-state index contributed by atoms with van der Waals surface area (Å²) in [4.78, 5) is 5.56. The van der Waals surface area contributed by atoms with E-state index in [1.54, 1.807) is 30.3 Å². The summed E-state index contributed by atoms with van der Waals surface area (Å²) in [5, 5.41) is 7.82. The second kappa shape index (κ2) is 7.98. The second-order valence-electron chi connectivity index (χ2n) is 6.94. The molecule has 6 nitrogen and oxygen atoms in total. The van der Waals surface area contributed by atoms with Gasteiger partial charge in [0, 0.05) is 0 Å². The topological polar surface area (TPSA) is 85.1 Å². The highest BCUT2D eigenvalue weighted by atomic mass is 32.2. The summed E-state index contributed by atoms with van der Waals surface area (Å²) in [6.07, 6.45) is 0.314. The molecule has 0 unspecified atom stereocenters. The summed E-state index contributed by atoms with van der Waals surface area (Å²) in [7, 11) is -3.76. The van der Waals surface area contributed by atoms with Crippen LogP contribution < -0.4 is 4.72 Å². The highest BCUT2D eigenvalue weighted by molar-refractivity contribution is 7.92. The summed E-state index contributed by atoms with van der Waals surface area (Å²) in [5.41, 5.74) is 1.22. The average Bonchev–Trinajstić information content (AvgIpc) is 3.47. The lowest BCUT2D eigenvalue weighted by Crippen LogP contribution is -2.14. The summed E-state index contributed by atoms with van der Waals surface area (Å²) >= 11 is 1.53. The molecule has 1 N–H and O–H groups in total. The van der Waals surface area contributed by atoms with Gasteiger partial charge in [0.15, 0.2) is 0 Å². The van der Waals surface area contributed by atoms with Gasteiger partial charge in [-0.3, -0.25) is 4.72 Å². The van der Waals surface area contributed by atoms with Gasteiger partial charge in [0.2, 0.25) is 11.7 Å². The first kappa shape index (κ1) is 19.5. The molecule has 5 aromatic rings. The summed E-state index contributed by atoms with van der Waals surface area (Å²) in [6.45, 7) is 0. The van der Waals surface area contributed by atoms with Crippen molar-refractivity contribution in [1.82, 2.24) is 10.1 Å². The van der Waals surface area contributed by atoms with Crippen LogP contribution in [0.25, 0.3) is 21.5 Å². The highest BCUT2D eigenvalue weighted by Gasteiger charge is 2.18. The van der Waals surface area contributed by atoms with Crippen LogP contribution in [0.4, 0.5) is 5.69 Å². The second-order valence-corrected chi connectivity index (χ2v) is 9.57. The van der Waals surface area contributed by atoms with E-state index >= 15 is 0 Å². The Morgan fingerprint density at radius 3 is 2.55 bits per heavy atom. The Labute approximate surface area is 183 Å². The van der Waals surface area contributed by atoms with Crippen molar-refractivity contribution in [1.29, 1.82) is 0 Å². The van der Waals surface area contributed by atoms with Crippen molar-refractivity contribution >= 4 is 37.8 Å². The minimum atomic E-state index is -3.76. The van der Waals surface area contributed by atoms with E-state index in [-0.39, 0.29) is 4.90 Å². The van der Waals surface area contributed by atoms with Gasteiger partial charge >= 0.3 is 0 Å². The fourth-order valence-corrected chi connectivity index (χ4v) is 5.09. The van der Waals surface area contributed by atoms with Crippen LogP contribution in [0.1, 0.15) is 11.5 Å². The first-order valence-corrected chi connectivity index (χ1v) is 11.9. The molecule has 0 radical (unpaired) electrons. The van der Waals surface area contributed by atoms with E-state index in [0.29, 0.717) is 23.8 Å². The number of rotatable bonds is 6. The third kappa shape index (κ3) is 4.08. The van der Waals surface area contributed by atoms with Gasteiger partial charge in [-0.15, -0.1) is 11.3 Å². The van der Waals surface area contributed by atoms with Crippen LogP contribution >= 0.6 is 11.3 Å². The number of hydrogen-bond donors (Lipinski definition) is 1. The third-order valence-electron chi connectivity index (χ3n) is 4.84. The fraction of sp³-hybridized carbons (Fsp3) is 0.0435. The zero-order valence-corrected chi connectivity index (χ0v) is 17.9. The van der Waals surface area contributed by atoms with Gasteiger partial charge in [-0.25, -0.2) is 8.42 Å². The van der Waals surface area contributed by atoms with Gasteiger partial charge in [0.1, 0.15) is 0 Å². The lowest BCUT2D eigenvalue weighted by atomic mass is 10.1. The summed E-state index contributed by atoms with van der Waals surface area (Å²) < 4.78 is 34.2. The zero-order chi connectivity index (χ0) is 21.3. The largest absolute Gasteiger partial charge is 0.339 e. The van der Waals surface area contributed by atoms with Crippen molar-refractivity contribution in [2.45, 2.75) is 11.3 Å². The van der Waals surface area contributed by atoms with Crippen molar-refractivity contribution in [3.8, 4) is 10.7 Å². The quantitative estimate of drug-likeness (QED) is 0.380. The molecule has 8 heteroatoms. The van der Waals surface area contributed by atoms with E-state index in [1.165, 1.54) is 11.3 Å². The maximum atomic E-state index is 13.0. The number of hydrogen-bond acceptors (Lipinski definition) is 6. The predicted octanol–water partition coefficient (Wildman–Crippen LogP) is 5.34. The molecule has 0 saturated heterocycles. The molecule has 0 aliphatic rings. The minimum Gasteiger partial charge on any atom is -0.339 e.